The molecule has 0 spiro atoms. The minimum Gasteiger partial charge on any atom is -0.276 e. The minimum absolute atomic E-state index is 0.449. The first-order valence-corrected chi connectivity index (χ1v) is 4.72. The van der Waals surface area contributed by atoms with Crippen LogP contribution in [0.25, 0.3) is 0 Å². The van der Waals surface area contributed by atoms with Crippen LogP contribution in [0.1, 0.15) is 15.9 Å². The van der Waals surface area contributed by atoms with Gasteiger partial charge in [-0.05, 0) is 52.2 Å². The van der Waals surface area contributed by atoms with Crippen molar-refractivity contribution in [1.82, 2.24) is 0 Å². The highest BCUT2D eigenvalue weighted by Gasteiger charge is 2.08. The lowest BCUT2D eigenvalue weighted by Crippen LogP contribution is -1.93. The third kappa shape index (κ3) is 2.00. The average Bonchev–Trinajstić information content (AvgIpc) is 1.96. The molecule has 1 rings (SSSR count). The Morgan fingerprint density at radius 1 is 1.50 bits per heavy atom. The maximum absolute atomic E-state index is 10.8. The van der Waals surface area contributed by atoms with E-state index in [-0.39, 0.29) is 0 Å². The largest absolute Gasteiger partial charge is 0.276 e. The van der Waals surface area contributed by atoms with Crippen molar-refractivity contribution >= 4 is 44.4 Å². The van der Waals surface area contributed by atoms with Gasteiger partial charge >= 0.3 is 0 Å². The predicted molar refractivity (Wildman–Crippen MR) is 54.1 cm³/mol. The molecular weight excluding hydrogens is 263 g/mol. The van der Waals surface area contributed by atoms with Crippen LogP contribution in [-0.2, 0) is 0 Å². The van der Waals surface area contributed by atoms with Gasteiger partial charge in [0.15, 0.2) is 0 Å². The standard InChI is InChI=1S/C8H5BrCl2O/c1-4-2-6(9)7(10)3-5(4)8(11)12/h2-3H,1H3. The fourth-order valence-electron chi connectivity index (χ4n) is 0.858. The molecule has 0 fully saturated rings. The number of benzene rings is 1. The third-order valence-electron chi connectivity index (χ3n) is 1.48. The summed E-state index contributed by atoms with van der Waals surface area (Å²) in [5.74, 6) is 0. The van der Waals surface area contributed by atoms with Crippen LogP contribution >= 0.6 is 39.1 Å². The Morgan fingerprint density at radius 3 is 2.58 bits per heavy atom. The molecule has 12 heavy (non-hydrogen) atoms. The zero-order chi connectivity index (χ0) is 9.30. The first-order chi connectivity index (χ1) is 5.52. The first kappa shape index (κ1) is 10.0. The molecule has 0 unspecified atom stereocenters. The number of halogens is 3. The molecule has 0 atom stereocenters. The van der Waals surface area contributed by atoms with Crippen LogP contribution in [0.4, 0.5) is 0 Å². The van der Waals surface area contributed by atoms with Crippen molar-refractivity contribution in [2.45, 2.75) is 6.92 Å². The quantitative estimate of drug-likeness (QED) is 0.708. The normalized spacial score (nSPS) is 10.0. The number of rotatable bonds is 1. The van der Waals surface area contributed by atoms with E-state index in [4.69, 9.17) is 23.2 Å². The molecule has 0 amide bonds. The molecule has 0 N–H and O–H groups in total. The molecule has 0 aliphatic heterocycles. The SMILES string of the molecule is Cc1cc(Br)c(Cl)cc1C(=O)Cl. The van der Waals surface area contributed by atoms with E-state index in [1.807, 2.05) is 0 Å². The molecule has 1 aromatic rings. The highest BCUT2D eigenvalue weighted by molar-refractivity contribution is 9.10. The van der Waals surface area contributed by atoms with Gasteiger partial charge in [0, 0.05) is 10.0 Å². The van der Waals surface area contributed by atoms with Gasteiger partial charge in [0.1, 0.15) is 0 Å². The predicted octanol–water partition coefficient (Wildman–Crippen LogP) is 3.79. The second-order valence-corrected chi connectivity index (χ2v) is 3.96. The maximum Gasteiger partial charge on any atom is 0.252 e. The number of hydrogen-bond donors (Lipinski definition) is 0. The molecular formula is C8H5BrCl2O. The lowest BCUT2D eigenvalue weighted by Gasteiger charge is -2.02. The van der Waals surface area contributed by atoms with E-state index in [0.717, 1.165) is 10.0 Å². The molecule has 0 aliphatic rings. The molecule has 1 nitrogen and oxygen atoms in total. The summed E-state index contributed by atoms with van der Waals surface area (Å²) in [6.45, 7) is 1.80. The van der Waals surface area contributed by atoms with Crippen molar-refractivity contribution in [3.8, 4) is 0 Å². The molecule has 0 aliphatic carbocycles. The lowest BCUT2D eigenvalue weighted by atomic mass is 10.1. The van der Waals surface area contributed by atoms with Crippen molar-refractivity contribution in [3.63, 3.8) is 0 Å². The van der Waals surface area contributed by atoms with Crippen molar-refractivity contribution < 1.29 is 4.79 Å². The van der Waals surface area contributed by atoms with Gasteiger partial charge in [-0.1, -0.05) is 11.6 Å². The Labute approximate surface area is 88.8 Å². The fourth-order valence-corrected chi connectivity index (χ4v) is 1.68. The van der Waals surface area contributed by atoms with Gasteiger partial charge in [-0.2, -0.15) is 0 Å². The van der Waals surface area contributed by atoms with Gasteiger partial charge < -0.3 is 0 Å². The minimum atomic E-state index is -0.484. The topological polar surface area (TPSA) is 17.1 Å². The summed E-state index contributed by atoms with van der Waals surface area (Å²) >= 11 is 14.3. The molecule has 4 heteroatoms. The molecule has 0 heterocycles. The molecule has 0 aromatic heterocycles. The lowest BCUT2D eigenvalue weighted by molar-refractivity contribution is 0.108. The molecule has 0 radical (unpaired) electrons. The zero-order valence-corrected chi connectivity index (χ0v) is 9.29. The average molecular weight is 268 g/mol. The number of aryl methyl sites for hydroxylation is 1. The molecule has 64 valence electrons. The summed E-state index contributed by atoms with van der Waals surface area (Å²) in [5, 5.41) is 0.00602. The van der Waals surface area contributed by atoms with Crippen molar-refractivity contribution in [2.24, 2.45) is 0 Å². The number of carbonyl (C=O) groups is 1. The van der Waals surface area contributed by atoms with E-state index in [9.17, 15) is 4.79 Å². The van der Waals surface area contributed by atoms with Gasteiger partial charge in [0.2, 0.25) is 0 Å². The van der Waals surface area contributed by atoms with Gasteiger partial charge in [-0.3, -0.25) is 4.79 Å². The zero-order valence-electron chi connectivity index (χ0n) is 6.20. The summed E-state index contributed by atoms with van der Waals surface area (Å²) in [6.07, 6.45) is 0. The molecule has 0 saturated heterocycles. The van der Waals surface area contributed by atoms with Crippen LogP contribution < -0.4 is 0 Å². The third-order valence-corrected chi connectivity index (χ3v) is 2.88. The monoisotopic (exact) mass is 266 g/mol. The fraction of sp³-hybridized carbons (Fsp3) is 0.125. The van der Waals surface area contributed by atoms with E-state index in [2.05, 4.69) is 15.9 Å². The van der Waals surface area contributed by atoms with E-state index >= 15 is 0 Å². The van der Waals surface area contributed by atoms with Gasteiger partial charge in [-0.25, -0.2) is 0 Å². The summed E-state index contributed by atoms with van der Waals surface area (Å²) in [4.78, 5) is 10.8. The Bertz CT molecular complexity index is 336. The molecule has 0 bridgehead atoms. The number of hydrogen-bond acceptors (Lipinski definition) is 1. The van der Waals surface area contributed by atoms with Crippen molar-refractivity contribution in [3.05, 3.63) is 32.8 Å². The second-order valence-electron chi connectivity index (χ2n) is 2.35. The Balaban J connectivity index is 3.33. The van der Waals surface area contributed by atoms with Crippen LogP contribution in [-0.4, -0.2) is 5.24 Å². The molecule has 0 saturated carbocycles. The van der Waals surface area contributed by atoms with Gasteiger partial charge in [0.05, 0.1) is 5.02 Å². The van der Waals surface area contributed by atoms with Crippen molar-refractivity contribution in [2.75, 3.05) is 0 Å². The van der Waals surface area contributed by atoms with Crippen LogP contribution in [0, 0.1) is 6.92 Å². The Hall–Kier alpha value is -0.0500. The van der Waals surface area contributed by atoms with Gasteiger partial charge in [-0.15, -0.1) is 0 Å². The number of carbonyl (C=O) groups excluding carboxylic acids is 1. The maximum atomic E-state index is 10.8. The smallest absolute Gasteiger partial charge is 0.252 e. The van der Waals surface area contributed by atoms with Crippen LogP contribution in [0.5, 0.6) is 0 Å². The molecule has 1 aromatic carbocycles. The van der Waals surface area contributed by atoms with E-state index in [0.29, 0.717) is 10.6 Å². The van der Waals surface area contributed by atoms with Crippen LogP contribution in [0.2, 0.25) is 5.02 Å². The summed E-state index contributed by atoms with van der Waals surface area (Å²) in [7, 11) is 0. The van der Waals surface area contributed by atoms with Crippen LogP contribution in [0.15, 0.2) is 16.6 Å². The summed E-state index contributed by atoms with van der Waals surface area (Å²) in [6, 6.07) is 3.31. The van der Waals surface area contributed by atoms with E-state index < -0.39 is 5.24 Å². The summed E-state index contributed by atoms with van der Waals surface area (Å²) in [5.41, 5.74) is 1.26. The highest BCUT2D eigenvalue weighted by Crippen LogP contribution is 2.26. The summed E-state index contributed by atoms with van der Waals surface area (Å²) < 4.78 is 0.767. The van der Waals surface area contributed by atoms with Crippen LogP contribution in [0.3, 0.4) is 0 Å². The Kier molecular flexibility index (Phi) is 3.16. The van der Waals surface area contributed by atoms with E-state index in [1.165, 1.54) is 0 Å². The first-order valence-electron chi connectivity index (χ1n) is 3.18. The second kappa shape index (κ2) is 3.77. The Morgan fingerprint density at radius 2 is 2.08 bits per heavy atom. The highest BCUT2D eigenvalue weighted by atomic mass is 79.9. The van der Waals surface area contributed by atoms with Gasteiger partial charge in [0.25, 0.3) is 5.24 Å². The van der Waals surface area contributed by atoms with Crippen molar-refractivity contribution in [1.29, 1.82) is 0 Å². The van der Waals surface area contributed by atoms with E-state index in [1.54, 1.807) is 19.1 Å².